The Hall–Kier alpha value is -0.550. The van der Waals surface area contributed by atoms with Crippen molar-refractivity contribution in [2.24, 2.45) is 0 Å². The summed E-state index contributed by atoms with van der Waals surface area (Å²) in [4.78, 5) is 0. The summed E-state index contributed by atoms with van der Waals surface area (Å²) in [6.45, 7) is 1.01. The largest absolute Gasteiger partial charge is 0.394 e. The fourth-order valence-electron chi connectivity index (χ4n) is 2.41. The molecule has 0 aromatic heterocycles. The van der Waals surface area contributed by atoms with E-state index in [4.69, 9.17) is 4.74 Å². The SMILES string of the molecule is CNC(CO)(CSCC1CCCO1)c1ccccc1. The predicted molar refractivity (Wildman–Crippen MR) is 80.6 cm³/mol. The van der Waals surface area contributed by atoms with E-state index in [1.807, 2.05) is 37.0 Å². The number of likely N-dealkylation sites (N-methyl/N-ethyl adjacent to an activating group) is 1. The minimum absolute atomic E-state index is 0.103. The summed E-state index contributed by atoms with van der Waals surface area (Å²) in [5, 5.41) is 13.1. The van der Waals surface area contributed by atoms with Crippen LogP contribution in [0, 0.1) is 0 Å². The van der Waals surface area contributed by atoms with Gasteiger partial charge in [0.1, 0.15) is 0 Å². The van der Waals surface area contributed by atoms with E-state index in [9.17, 15) is 5.11 Å². The molecule has 106 valence electrons. The van der Waals surface area contributed by atoms with E-state index < -0.39 is 0 Å². The van der Waals surface area contributed by atoms with Crippen molar-refractivity contribution >= 4 is 11.8 Å². The van der Waals surface area contributed by atoms with Gasteiger partial charge >= 0.3 is 0 Å². The second kappa shape index (κ2) is 7.29. The maximum atomic E-state index is 9.81. The lowest BCUT2D eigenvalue weighted by molar-refractivity contribution is 0.128. The van der Waals surface area contributed by atoms with E-state index in [1.165, 1.54) is 12.8 Å². The Kier molecular flexibility index (Phi) is 5.70. The summed E-state index contributed by atoms with van der Waals surface area (Å²) in [6, 6.07) is 10.2. The smallest absolute Gasteiger partial charge is 0.0758 e. The topological polar surface area (TPSA) is 41.5 Å². The Morgan fingerprint density at radius 3 is 2.79 bits per heavy atom. The average molecular weight is 281 g/mol. The Morgan fingerprint density at radius 1 is 1.42 bits per heavy atom. The Bertz CT molecular complexity index is 362. The van der Waals surface area contributed by atoms with Crippen molar-refractivity contribution in [3.05, 3.63) is 35.9 Å². The molecule has 0 saturated carbocycles. The van der Waals surface area contributed by atoms with Gasteiger partial charge in [-0.2, -0.15) is 11.8 Å². The molecule has 0 bridgehead atoms. The van der Waals surface area contributed by atoms with Crippen molar-refractivity contribution in [3.8, 4) is 0 Å². The molecule has 1 saturated heterocycles. The number of rotatable bonds is 7. The first-order chi connectivity index (χ1) is 9.30. The molecule has 4 heteroatoms. The van der Waals surface area contributed by atoms with Gasteiger partial charge < -0.3 is 15.2 Å². The van der Waals surface area contributed by atoms with Gasteiger partial charge in [0.25, 0.3) is 0 Å². The Morgan fingerprint density at radius 2 is 2.21 bits per heavy atom. The lowest BCUT2D eigenvalue weighted by atomic mass is 9.93. The fourth-order valence-corrected chi connectivity index (χ4v) is 3.81. The first-order valence-electron chi connectivity index (χ1n) is 6.85. The lowest BCUT2D eigenvalue weighted by Gasteiger charge is -2.32. The van der Waals surface area contributed by atoms with Gasteiger partial charge in [0.2, 0.25) is 0 Å². The van der Waals surface area contributed by atoms with Crippen molar-refractivity contribution < 1.29 is 9.84 Å². The van der Waals surface area contributed by atoms with E-state index in [1.54, 1.807) is 0 Å². The van der Waals surface area contributed by atoms with Crippen molar-refractivity contribution in [3.63, 3.8) is 0 Å². The first kappa shape index (κ1) is 14.9. The number of hydrogen-bond acceptors (Lipinski definition) is 4. The Labute approximate surface area is 119 Å². The Balaban J connectivity index is 1.95. The highest BCUT2D eigenvalue weighted by Crippen LogP contribution is 2.27. The zero-order chi connectivity index (χ0) is 13.6. The lowest BCUT2D eigenvalue weighted by Crippen LogP contribution is -2.46. The van der Waals surface area contributed by atoms with Crippen molar-refractivity contribution in [2.75, 3.05) is 31.8 Å². The molecular formula is C15H23NO2S. The molecule has 19 heavy (non-hydrogen) atoms. The van der Waals surface area contributed by atoms with Gasteiger partial charge in [0.05, 0.1) is 18.2 Å². The molecule has 2 atom stereocenters. The summed E-state index contributed by atoms with van der Waals surface area (Å²) in [5.74, 6) is 1.86. The third-order valence-electron chi connectivity index (χ3n) is 3.75. The summed E-state index contributed by atoms with van der Waals surface area (Å²) < 4.78 is 5.64. The van der Waals surface area contributed by atoms with Crippen LogP contribution in [-0.4, -0.2) is 43.0 Å². The van der Waals surface area contributed by atoms with Crippen molar-refractivity contribution in [2.45, 2.75) is 24.5 Å². The molecule has 1 aliphatic heterocycles. The molecule has 1 fully saturated rings. The van der Waals surface area contributed by atoms with Crippen LogP contribution in [-0.2, 0) is 10.3 Å². The number of thioether (sulfide) groups is 1. The number of nitrogens with one attached hydrogen (secondary N) is 1. The van der Waals surface area contributed by atoms with E-state index in [-0.39, 0.29) is 12.1 Å². The van der Waals surface area contributed by atoms with Crippen molar-refractivity contribution in [1.82, 2.24) is 5.32 Å². The van der Waals surface area contributed by atoms with Crippen LogP contribution < -0.4 is 5.32 Å². The second-order valence-corrected chi connectivity index (χ2v) is 6.04. The first-order valence-corrected chi connectivity index (χ1v) is 8.01. The second-order valence-electron chi connectivity index (χ2n) is 5.01. The summed E-state index contributed by atoms with van der Waals surface area (Å²) in [5.41, 5.74) is 0.782. The van der Waals surface area contributed by atoms with Crippen molar-refractivity contribution in [1.29, 1.82) is 0 Å². The molecule has 0 radical (unpaired) electrons. The van der Waals surface area contributed by atoms with Crippen LogP contribution in [0.2, 0.25) is 0 Å². The molecule has 1 aliphatic rings. The number of benzene rings is 1. The molecular weight excluding hydrogens is 258 g/mol. The number of aliphatic hydroxyl groups is 1. The number of ether oxygens (including phenoxy) is 1. The zero-order valence-electron chi connectivity index (χ0n) is 11.5. The molecule has 0 aliphatic carbocycles. The maximum absolute atomic E-state index is 9.81. The van der Waals surface area contributed by atoms with E-state index in [2.05, 4.69) is 17.4 Å². The zero-order valence-corrected chi connectivity index (χ0v) is 12.3. The molecule has 3 nitrogen and oxygen atoms in total. The molecule has 2 rings (SSSR count). The van der Waals surface area contributed by atoms with E-state index in [0.717, 1.165) is 23.7 Å². The summed E-state index contributed by atoms with van der Waals surface area (Å²) in [7, 11) is 1.91. The molecule has 0 amide bonds. The van der Waals surface area contributed by atoms with E-state index in [0.29, 0.717) is 6.10 Å². The van der Waals surface area contributed by atoms with Crippen LogP contribution in [0.15, 0.2) is 30.3 Å². The highest BCUT2D eigenvalue weighted by molar-refractivity contribution is 7.99. The average Bonchev–Trinajstić information content (AvgIpc) is 2.98. The van der Waals surface area contributed by atoms with Gasteiger partial charge in [-0.25, -0.2) is 0 Å². The number of aliphatic hydroxyl groups excluding tert-OH is 1. The van der Waals surface area contributed by atoms with Crippen LogP contribution in [0.25, 0.3) is 0 Å². The fraction of sp³-hybridized carbons (Fsp3) is 0.600. The predicted octanol–water partition coefficient (Wildman–Crippen LogP) is 2.01. The van der Waals surface area contributed by atoms with Crippen LogP contribution in [0.5, 0.6) is 0 Å². The van der Waals surface area contributed by atoms with Crippen LogP contribution in [0.4, 0.5) is 0 Å². The third kappa shape index (κ3) is 3.72. The molecule has 2 unspecified atom stereocenters. The monoisotopic (exact) mass is 281 g/mol. The highest BCUT2D eigenvalue weighted by atomic mass is 32.2. The van der Waals surface area contributed by atoms with Crippen LogP contribution in [0.1, 0.15) is 18.4 Å². The van der Waals surface area contributed by atoms with Gasteiger partial charge in [-0.3, -0.25) is 0 Å². The van der Waals surface area contributed by atoms with Gasteiger partial charge in [0, 0.05) is 18.1 Å². The van der Waals surface area contributed by atoms with Gasteiger partial charge in [-0.1, -0.05) is 30.3 Å². The summed E-state index contributed by atoms with van der Waals surface area (Å²) in [6.07, 6.45) is 2.75. The minimum atomic E-state index is -0.357. The highest BCUT2D eigenvalue weighted by Gasteiger charge is 2.30. The molecule has 2 N–H and O–H groups in total. The van der Waals surface area contributed by atoms with E-state index >= 15 is 0 Å². The number of hydrogen-bond donors (Lipinski definition) is 2. The quantitative estimate of drug-likeness (QED) is 0.802. The van der Waals surface area contributed by atoms with Crippen LogP contribution >= 0.6 is 11.8 Å². The molecule has 1 heterocycles. The van der Waals surface area contributed by atoms with Gasteiger partial charge in [0.15, 0.2) is 0 Å². The minimum Gasteiger partial charge on any atom is -0.394 e. The third-order valence-corrected chi connectivity index (χ3v) is 5.06. The van der Waals surface area contributed by atoms with Gasteiger partial charge in [-0.15, -0.1) is 0 Å². The molecule has 1 aromatic carbocycles. The standard InChI is InChI=1S/C15H23NO2S/c1-16-15(11-17,13-6-3-2-4-7-13)12-19-10-14-8-5-9-18-14/h2-4,6-7,14,16-17H,5,8-12H2,1H3. The maximum Gasteiger partial charge on any atom is 0.0758 e. The van der Waals surface area contributed by atoms with Gasteiger partial charge in [-0.05, 0) is 25.5 Å². The normalized spacial score (nSPS) is 22.3. The summed E-state index contributed by atoms with van der Waals surface area (Å²) >= 11 is 1.85. The molecule has 0 spiro atoms. The van der Waals surface area contributed by atoms with Crippen LogP contribution in [0.3, 0.4) is 0 Å². The molecule has 1 aromatic rings.